The van der Waals surface area contributed by atoms with Crippen molar-refractivity contribution < 1.29 is 32.6 Å². The van der Waals surface area contributed by atoms with Gasteiger partial charge in [0, 0.05) is 31.7 Å². The van der Waals surface area contributed by atoms with Crippen LogP contribution in [0.2, 0.25) is 0 Å². The number of carboxylic acid groups (broad SMARTS) is 1. The molecular weight excluding hydrogens is 341 g/mol. The predicted octanol–water partition coefficient (Wildman–Crippen LogP) is 2.49. The molecule has 2 N–H and O–H groups in total. The molecule has 0 aromatic carbocycles. The number of carboxylic acids is 1. The van der Waals surface area contributed by atoms with E-state index < -0.39 is 43.1 Å². The fraction of sp³-hybridized carbons (Fsp3) is 0.875. The van der Waals surface area contributed by atoms with E-state index in [0.717, 1.165) is 24.2 Å². The Hall–Kier alpha value is -1.51. The summed E-state index contributed by atoms with van der Waals surface area (Å²) < 4.78 is 44.7. The largest absolute Gasteiger partial charge is 0.481 e. The van der Waals surface area contributed by atoms with Crippen molar-refractivity contribution in [2.75, 3.05) is 26.2 Å². The van der Waals surface area contributed by atoms with Crippen LogP contribution in [-0.4, -0.2) is 60.5 Å². The monoisotopic (exact) mass is 366 g/mol. The summed E-state index contributed by atoms with van der Waals surface area (Å²) in [5.41, 5.74) is -0.356. The summed E-state index contributed by atoms with van der Waals surface area (Å²) >= 11 is 0. The van der Waals surface area contributed by atoms with Gasteiger partial charge in [-0.1, -0.05) is 13.8 Å². The van der Waals surface area contributed by atoms with E-state index in [1.165, 1.54) is 0 Å². The molecule has 0 bridgehead atoms. The van der Waals surface area contributed by atoms with Crippen molar-refractivity contribution in [2.24, 2.45) is 17.3 Å². The molecule has 1 unspecified atom stereocenters. The first kappa shape index (κ1) is 19.8. The number of aliphatic carboxylic acids is 1. The van der Waals surface area contributed by atoms with Gasteiger partial charge in [-0.25, -0.2) is 4.79 Å². The van der Waals surface area contributed by atoms with Crippen LogP contribution in [0.4, 0.5) is 18.0 Å². The van der Waals surface area contributed by atoms with Crippen molar-refractivity contribution in [2.45, 2.75) is 45.4 Å². The molecule has 0 saturated carbocycles. The maximum atomic E-state index is 13.0. The molecule has 2 aliphatic heterocycles. The van der Waals surface area contributed by atoms with Crippen molar-refractivity contribution in [3.05, 3.63) is 0 Å². The van der Waals surface area contributed by atoms with E-state index in [0.29, 0.717) is 6.61 Å². The van der Waals surface area contributed by atoms with E-state index >= 15 is 0 Å². The number of rotatable bonds is 4. The van der Waals surface area contributed by atoms with Crippen LogP contribution in [0.1, 0.15) is 33.1 Å². The Morgan fingerprint density at radius 3 is 2.40 bits per heavy atom. The third kappa shape index (κ3) is 4.77. The van der Waals surface area contributed by atoms with E-state index in [2.05, 4.69) is 5.32 Å². The Morgan fingerprint density at radius 2 is 1.92 bits per heavy atom. The normalized spacial score (nSPS) is 28.0. The van der Waals surface area contributed by atoms with E-state index in [9.17, 15) is 22.8 Å². The molecular formula is C16H25F3N2O4. The lowest BCUT2D eigenvalue weighted by atomic mass is 9.82. The summed E-state index contributed by atoms with van der Waals surface area (Å²) in [5.74, 6) is -5.19. The Kier molecular flexibility index (Phi) is 5.86. The Morgan fingerprint density at radius 1 is 1.24 bits per heavy atom. The summed E-state index contributed by atoms with van der Waals surface area (Å²) in [7, 11) is 0. The molecule has 144 valence electrons. The maximum absolute atomic E-state index is 13.0. The number of ether oxygens (including phenoxy) is 1. The van der Waals surface area contributed by atoms with Gasteiger partial charge in [0.15, 0.2) is 0 Å². The lowest BCUT2D eigenvalue weighted by molar-refractivity contribution is -0.187. The average molecular weight is 366 g/mol. The molecule has 0 spiro atoms. The zero-order chi connectivity index (χ0) is 18.8. The van der Waals surface area contributed by atoms with Crippen LogP contribution in [0, 0.1) is 17.3 Å². The standard InChI is InChI=1S/C16H25F3N2O4/c1-15(2,12-5-3-4-6-25-12)9-20-14(24)21-7-10(13(22)23)11(8-21)16(17,18)19/h10-12H,3-9H2,1-2H3,(H,20,24)(H,22,23)/t10-,11-,12?/m1/s1. The van der Waals surface area contributed by atoms with E-state index in [-0.39, 0.29) is 18.1 Å². The van der Waals surface area contributed by atoms with Gasteiger partial charge >= 0.3 is 18.2 Å². The van der Waals surface area contributed by atoms with Crippen molar-refractivity contribution >= 4 is 12.0 Å². The van der Waals surface area contributed by atoms with Crippen LogP contribution in [0.25, 0.3) is 0 Å². The average Bonchev–Trinajstić information content (AvgIpc) is 2.99. The number of carbonyl (C=O) groups excluding carboxylic acids is 1. The molecule has 2 aliphatic rings. The number of urea groups is 1. The summed E-state index contributed by atoms with van der Waals surface area (Å²) in [5, 5.41) is 11.6. The molecule has 2 amide bonds. The van der Waals surface area contributed by atoms with Crippen molar-refractivity contribution in [3.63, 3.8) is 0 Å². The lowest BCUT2D eigenvalue weighted by Gasteiger charge is -2.37. The summed E-state index contributed by atoms with van der Waals surface area (Å²) in [6.45, 7) is 3.72. The topological polar surface area (TPSA) is 78.9 Å². The first-order valence-electron chi connectivity index (χ1n) is 8.46. The van der Waals surface area contributed by atoms with Gasteiger partial charge in [0.25, 0.3) is 0 Å². The summed E-state index contributed by atoms with van der Waals surface area (Å²) in [6.07, 6.45) is -1.74. The Balaban J connectivity index is 1.93. The first-order valence-corrected chi connectivity index (χ1v) is 8.46. The molecule has 2 rings (SSSR count). The third-order valence-electron chi connectivity index (χ3n) is 5.09. The molecule has 0 aromatic heterocycles. The van der Waals surface area contributed by atoms with E-state index in [4.69, 9.17) is 9.84 Å². The maximum Gasteiger partial charge on any atom is 0.394 e. The fourth-order valence-corrected chi connectivity index (χ4v) is 3.44. The minimum absolute atomic E-state index is 0.0187. The van der Waals surface area contributed by atoms with Crippen LogP contribution in [0.3, 0.4) is 0 Å². The van der Waals surface area contributed by atoms with Gasteiger partial charge in [-0.2, -0.15) is 13.2 Å². The lowest BCUT2D eigenvalue weighted by Crippen LogP contribution is -2.47. The van der Waals surface area contributed by atoms with E-state index in [1.54, 1.807) is 0 Å². The highest BCUT2D eigenvalue weighted by molar-refractivity contribution is 5.77. The molecule has 6 nitrogen and oxygen atoms in total. The summed E-state index contributed by atoms with van der Waals surface area (Å²) in [4.78, 5) is 24.2. The number of hydrogen-bond acceptors (Lipinski definition) is 3. The van der Waals surface area contributed by atoms with Gasteiger partial charge < -0.3 is 20.1 Å². The predicted molar refractivity (Wildman–Crippen MR) is 83.0 cm³/mol. The van der Waals surface area contributed by atoms with Gasteiger partial charge in [0.2, 0.25) is 0 Å². The summed E-state index contributed by atoms with van der Waals surface area (Å²) in [6, 6.07) is -0.665. The quantitative estimate of drug-likeness (QED) is 0.801. The number of alkyl halides is 3. The van der Waals surface area contributed by atoms with Gasteiger partial charge in [-0.15, -0.1) is 0 Å². The SMILES string of the molecule is CC(C)(CNC(=O)N1C[C@@H](C(F)(F)F)[C@H](C(=O)O)C1)C1CCCCO1. The molecule has 2 heterocycles. The van der Waals surface area contributed by atoms with Crippen LogP contribution in [0.15, 0.2) is 0 Å². The second-order valence-corrected chi connectivity index (χ2v) is 7.50. The highest BCUT2D eigenvalue weighted by atomic mass is 19.4. The molecule has 2 saturated heterocycles. The van der Waals surface area contributed by atoms with Crippen LogP contribution in [0.5, 0.6) is 0 Å². The molecule has 3 atom stereocenters. The first-order chi connectivity index (χ1) is 11.5. The second kappa shape index (κ2) is 7.39. The minimum Gasteiger partial charge on any atom is -0.481 e. The van der Waals surface area contributed by atoms with Gasteiger partial charge in [0.05, 0.1) is 17.9 Å². The minimum atomic E-state index is -4.65. The zero-order valence-corrected chi connectivity index (χ0v) is 14.4. The molecule has 9 heteroatoms. The third-order valence-corrected chi connectivity index (χ3v) is 5.09. The van der Waals surface area contributed by atoms with E-state index in [1.807, 2.05) is 13.8 Å². The number of nitrogens with one attached hydrogen (secondary N) is 1. The van der Waals surface area contributed by atoms with Crippen molar-refractivity contribution in [3.8, 4) is 0 Å². The Bertz CT molecular complexity index is 504. The van der Waals surface area contributed by atoms with Crippen molar-refractivity contribution in [1.29, 1.82) is 0 Å². The van der Waals surface area contributed by atoms with Gasteiger partial charge in [0.1, 0.15) is 0 Å². The molecule has 25 heavy (non-hydrogen) atoms. The van der Waals surface area contributed by atoms with Crippen LogP contribution < -0.4 is 5.32 Å². The number of halogens is 3. The second-order valence-electron chi connectivity index (χ2n) is 7.50. The molecule has 2 fully saturated rings. The van der Waals surface area contributed by atoms with Crippen molar-refractivity contribution in [1.82, 2.24) is 10.2 Å². The van der Waals surface area contributed by atoms with Gasteiger partial charge in [-0.3, -0.25) is 4.79 Å². The number of nitrogens with zero attached hydrogens (tertiary/aromatic N) is 1. The number of hydrogen-bond donors (Lipinski definition) is 2. The molecule has 0 aromatic rings. The zero-order valence-electron chi connectivity index (χ0n) is 14.4. The fourth-order valence-electron chi connectivity index (χ4n) is 3.44. The Labute approximate surface area is 144 Å². The van der Waals surface area contributed by atoms with Crippen LogP contribution >= 0.6 is 0 Å². The smallest absolute Gasteiger partial charge is 0.394 e. The molecule has 0 radical (unpaired) electrons. The highest BCUT2D eigenvalue weighted by Gasteiger charge is 2.53. The number of amides is 2. The number of carbonyl (C=O) groups is 2. The highest BCUT2D eigenvalue weighted by Crippen LogP contribution is 2.38. The van der Waals surface area contributed by atoms with Crippen LogP contribution in [-0.2, 0) is 9.53 Å². The number of likely N-dealkylation sites (tertiary alicyclic amines) is 1. The molecule has 0 aliphatic carbocycles. The van der Waals surface area contributed by atoms with Gasteiger partial charge in [-0.05, 0) is 19.3 Å².